The Balaban J connectivity index is 1.50. The Morgan fingerprint density at radius 1 is 0.968 bits per heavy atom. The molecule has 0 unspecified atom stereocenters. The minimum absolute atomic E-state index is 0.0993. The van der Waals surface area contributed by atoms with E-state index < -0.39 is 5.56 Å². The van der Waals surface area contributed by atoms with Gasteiger partial charge in [0.25, 0.3) is 11.5 Å². The Bertz CT molecular complexity index is 1260. The fourth-order valence-corrected chi connectivity index (χ4v) is 3.12. The van der Waals surface area contributed by atoms with E-state index in [0.29, 0.717) is 23.5 Å². The first-order valence-electron chi connectivity index (χ1n) is 9.55. The molecule has 0 aliphatic rings. The number of carbonyl (C=O) groups is 1. The van der Waals surface area contributed by atoms with E-state index in [-0.39, 0.29) is 16.7 Å². The zero-order chi connectivity index (χ0) is 21.6. The lowest BCUT2D eigenvalue weighted by atomic mass is 10.2. The van der Waals surface area contributed by atoms with Gasteiger partial charge in [-0.3, -0.25) is 9.59 Å². The van der Waals surface area contributed by atoms with Gasteiger partial charge < -0.3 is 10.1 Å². The summed E-state index contributed by atoms with van der Waals surface area (Å²) in [5.41, 5.74) is 1.52. The molecule has 31 heavy (non-hydrogen) atoms. The zero-order valence-corrected chi connectivity index (χ0v) is 17.1. The van der Waals surface area contributed by atoms with E-state index in [1.54, 1.807) is 48.5 Å². The molecule has 1 amide bonds. The largest absolute Gasteiger partial charge is 0.454 e. The molecular weight excluding hydrogens is 414 g/mol. The van der Waals surface area contributed by atoms with Crippen molar-refractivity contribution in [2.45, 2.75) is 6.54 Å². The first kappa shape index (κ1) is 20.4. The Morgan fingerprint density at radius 3 is 2.42 bits per heavy atom. The minimum atomic E-state index is -0.498. The van der Waals surface area contributed by atoms with Crippen molar-refractivity contribution in [1.29, 1.82) is 0 Å². The number of ether oxygens (including phenoxy) is 1. The third-order valence-electron chi connectivity index (χ3n) is 4.51. The maximum absolute atomic E-state index is 12.6. The number of hydrogen-bond donors (Lipinski definition) is 1. The molecule has 0 atom stereocenters. The second-order valence-electron chi connectivity index (χ2n) is 6.67. The summed E-state index contributed by atoms with van der Waals surface area (Å²) in [5, 5.41) is 6.91. The van der Waals surface area contributed by atoms with Gasteiger partial charge in [-0.25, -0.2) is 0 Å². The number of hydrogen-bond acceptors (Lipinski definition) is 4. The first-order chi connectivity index (χ1) is 15.1. The number of amides is 1. The predicted octanol–water partition coefficient (Wildman–Crippen LogP) is 4.61. The van der Waals surface area contributed by atoms with Gasteiger partial charge in [-0.05, 0) is 35.9 Å². The zero-order valence-electron chi connectivity index (χ0n) is 16.4. The Kier molecular flexibility index (Phi) is 6.10. The summed E-state index contributed by atoms with van der Waals surface area (Å²) in [6.45, 7) is 0.415. The van der Waals surface area contributed by atoms with Crippen molar-refractivity contribution >= 4 is 17.5 Å². The predicted molar refractivity (Wildman–Crippen MR) is 119 cm³/mol. The van der Waals surface area contributed by atoms with Crippen LogP contribution in [-0.4, -0.2) is 15.7 Å². The van der Waals surface area contributed by atoms with Crippen molar-refractivity contribution in [1.82, 2.24) is 15.1 Å². The van der Waals surface area contributed by atoms with Crippen LogP contribution in [0.25, 0.3) is 5.69 Å². The van der Waals surface area contributed by atoms with E-state index in [0.717, 1.165) is 5.56 Å². The van der Waals surface area contributed by atoms with Crippen LogP contribution in [0.2, 0.25) is 5.02 Å². The highest BCUT2D eigenvalue weighted by Crippen LogP contribution is 2.26. The van der Waals surface area contributed by atoms with Crippen LogP contribution in [0.4, 0.5) is 0 Å². The number of benzene rings is 3. The monoisotopic (exact) mass is 431 g/mol. The Hall–Kier alpha value is -3.90. The first-order valence-corrected chi connectivity index (χ1v) is 9.93. The lowest BCUT2D eigenvalue weighted by molar-refractivity contribution is 0.0950. The molecule has 1 aromatic heterocycles. The third kappa shape index (κ3) is 4.82. The Morgan fingerprint density at radius 2 is 1.68 bits per heavy atom. The smallest absolute Gasteiger partial charge is 0.294 e. The summed E-state index contributed by atoms with van der Waals surface area (Å²) >= 11 is 6.24. The van der Waals surface area contributed by atoms with Crippen LogP contribution in [0.5, 0.6) is 11.5 Å². The molecule has 0 radical (unpaired) electrons. The van der Waals surface area contributed by atoms with Gasteiger partial charge in [0.05, 0.1) is 11.9 Å². The average molecular weight is 432 g/mol. The van der Waals surface area contributed by atoms with Gasteiger partial charge >= 0.3 is 0 Å². The van der Waals surface area contributed by atoms with E-state index in [1.807, 2.05) is 36.4 Å². The highest BCUT2D eigenvalue weighted by atomic mass is 35.5. The van der Waals surface area contributed by atoms with Gasteiger partial charge in [-0.15, -0.1) is 0 Å². The number of halogens is 1. The van der Waals surface area contributed by atoms with Gasteiger partial charge in [-0.2, -0.15) is 9.78 Å². The number of nitrogens with zero attached hydrogens (tertiary/aromatic N) is 2. The summed E-state index contributed by atoms with van der Waals surface area (Å²) in [5.74, 6) is 0.242. The summed E-state index contributed by atoms with van der Waals surface area (Å²) in [7, 11) is 0. The molecule has 4 aromatic rings. The van der Waals surface area contributed by atoms with Crippen molar-refractivity contribution < 1.29 is 9.53 Å². The number of aromatic nitrogens is 2. The highest BCUT2D eigenvalue weighted by molar-refractivity contribution is 6.31. The molecule has 0 saturated carbocycles. The van der Waals surface area contributed by atoms with Crippen LogP contribution in [-0.2, 0) is 6.54 Å². The molecule has 0 spiro atoms. The number of para-hydroxylation sites is 1. The highest BCUT2D eigenvalue weighted by Gasteiger charge is 2.14. The van der Waals surface area contributed by atoms with E-state index >= 15 is 0 Å². The second-order valence-corrected chi connectivity index (χ2v) is 7.05. The molecule has 1 N–H and O–H groups in total. The molecule has 7 heteroatoms. The SMILES string of the molecule is O=C(NCc1ccccc1)c1cccc(Oc2cnn(-c3ccccc3)c(=O)c2Cl)c1. The van der Waals surface area contributed by atoms with Crippen LogP contribution in [0.15, 0.2) is 95.9 Å². The quantitative estimate of drug-likeness (QED) is 0.484. The van der Waals surface area contributed by atoms with Crippen LogP contribution < -0.4 is 15.6 Å². The number of nitrogens with one attached hydrogen (secondary N) is 1. The molecular formula is C24H18ClN3O3. The summed E-state index contributed by atoms with van der Waals surface area (Å²) < 4.78 is 6.94. The number of rotatable bonds is 6. The van der Waals surface area contributed by atoms with E-state index in [9.17, 15) is 9.59 Å². The topological polar surface area (TPSA) is 73.2 Å². The van der Waals surface area contributed by atoms with Crippen LogP contribution in [0.3, 0.4) is 0 Å². The molecule has 3 aromatic carbocycles. The van der Waals surface area contributed by atoms with Crippen molar-refractivity contribution in [3.8, 4) is 17.2 Å². The molecule has 0 aliphatic carbocycles. The average Bonchev–Trinajstić information content (AvgIpc) is 2.82. The van der Waals surface area contributed by atoms with E-state index in [1.165, 1.54) is 10.9 Å². The standard InChI is InChI=1S/C24H18ClN3O3/c25-22-21(16-27-28(24(22)30)19-11-5-2-6-12-19)31-20-13-7-10-18(14-20)23(29)26-15-17-8-3-1-4-9-17/h1-14,16H,15H2,(H,26,29). The van der Waals surface area contributed by atoms with Gasteiger partial charge in [0.1, 0.15) is 5.75 Å². The lowest BCUT2D eigenvalue weighted by Crippen LogP contribution is -2.22. The van der Waals surface area contributed by atoms with Crippen molar-refractivity contribution in [2.24, 2.45) is 0 Å². The van der Waals surface area contributed by atoms with Gasteiger partial charge in [0.15, 0.2) is 10.8 Å². The molecule has 4 rings (SSSR count). The summed E-state index contributed by atoms with van der Waals surface area (Å²) in [4.78, 5) is 25.1. The number of carbonyl (C=O) groups excluding carboxylic acids is 1. The van der Waals surface area contributed by atoms with Crippen molar-refractivity contribution in [2.75, 3.05) is 0 Å². The summed E-state index contributed by atoms with van der Waals surface area (Å²) in [6.07, 6.45) is 1.37. The third-order valence-corrected chi connectivity index (χ3v) is 4.86. The Labute approximate surface area is 183 Å². The lowest BCUT2D eigenvalue weighted by Gasteiger charge is -2.11. The van der Waals surface area contributed by atoms with Gasteiger partial charge in [-0.1, -0.05) is 66.2 Å². The van der Waals surface area contributed by atoms with Crippen LogP contribution in [0.1, 0.15) is 15.9 Å². The van der Waals surface area contributed by atoms with Gasteiger partial charge in [0.2, 0.25) is 0 Å². The van der Waals surface area contributed by atoms with Crippen LogP contribution in [0, 0.1) is 0 Å². The maximum atomic E-state index is 12.6. The van der Waals surface area contributed by atoms with Gasteiger partial charge in [0, 0.05) is 12.1 Å². The molecule has 154 valence electrons. The summed E-state index contributed by atoms with van der Waals surface area (Å²) in [6, 6.07) is 25.2. The minimum Gasteiger partial charge on any atom is -0.454 e. The molecule has 0 aliphatic heterocycles. The normalized spacial score (nSPS) is 10.5. The molecule has 0 bridgehead atoms. The molecule has 1 heterocycles. The molecule has 0 fully saturated rings. The van der Waals surface area contributed by atoms with Crippen molar-refractivity contribution in [3.05, 3.63) is 118 Å². The van der Waals surface area contributed by atoms with E-state index in [4.69, 9.17) is 16.3 Å². The maximum Gasteiger partial charge on any atom is 0.294 e. The molecule has 6 nitrogen and oxygen atoms in total. The fourth-order valence-electron chi connectivity index (χ4n) is 2.95. The fraction of sp³-hybridized carbons (Fsp3) is 0.0417. The van der Waals surface area contributed by atoms with Crippen molar-refractivity contribution in [3.63, 3.8) is 0 Å². The van der Waals surface area contributed by atoms with Crippen LogP contribution >= 0.6 is 11.6 Å². The molecule has 0 saturated heterocycles. The second kappa shape index (κ2) is 9.28. The van der Waals surface area contributed by atoms with E-state index in [2.05, 4.69) is 10.4 Å².